The van der Waals surface area contributed by atoms with Gasteiger partial charge in [0.1, 0.15) is 5.75 Å². The highest BCUT2D eigenvalue weighted by Gasteiger charge is 2.11. The molecule has 24 heavy (non-hydrogen) atoms. The van der Waals surface area contributed by atoms with E-state index in [-0.39, 0.29) is 0 Å². The first-order valence-electron chi connectivity index (χ1n) is 8.27. The molecule has 3 aromatic carbocycles. The fraction of sp³-hybridized carbons (Fsp3) is 0.182. The molecule has 0 aromatic heterocycles. The maximum Gasteiger partial charge on any atom is 0.123 e. The number of benzene rings is 3. The van der Waals surface area contributed by atoms with Crippen molar-refractivity contribution in [2.45, 2.75) is 19.6 Å². The number of para-hydroxylation sites is 1. The molecule has 2 nitrogen and oxygen atoms in total. The summed E-state index contributed by atoms with van der Waals surface area (Å²) in [6.07, 6.45) is 0. The minimum absolute atomic E-state index is 0.855. The summed E-state index contributed by atoms with van der Waals surface area (Å²) < 4.78 is 5.52. The first-order valence-corrected chi connectivity index (χ1v) is 8.27. The lowest BCUT2D eigenvalue weighted by molar-refractivity contribution is 0.243. The van der Waals surface area contributed by atoms with Crippen molar-refractivity contribution in [2.24, 2.45) is 0 Å². The Morgan fingerprint density at radius 2 is 1.12 bits per heavy atom. The summed E-state index contributed by atoms with van der Waals surface area (Å²) in [6.45, 7) is 2.68. The van der Waals surface area contributed by atoms with E-state index in [1.54, 1.807) is 7.11 Å². The summed E-state index contributed by atoms with van der Waals surface area (Å²) in [6, 6.07) is 29.5. The third-order valence-electron chi connectivity index (χ3n) is 4.08. The van der Waals surface area contributed by atoms with Crippen LogP contribution in [0.25, 0.3) is 0 Å². The molecule has 3 rings (SSSR count). The van der Waals surface area contributed by atoms with E-state index in [4.69, 9.17) is 4.74 Å². The Hall–Kier alpha value is -2.58. The van der Waals surface area contributed by atoms with E-state index in [1.807, 2.05) is 12.1 Å². The van der Waals surface area contributed by atoms with E-state index in [0.29, 0.717) is 0 Å². The van der Waals surface area contributed by atoms with Gasteiger partial charge in [-0.2, -0.15) is 0 Å². The Labute approximate surface area is 144 Å². The predicted octanol–water partition coefficient (Wildman–Crippen LogP) is 4.90. The van der Waals surface area contributed by atoms with Crippen LogP contribution in [0.2, 0.25) is 0 Å². The molecular formula is C22H23NO. The summed E-state index contributed by atoms with van der Waals surface area (Å²) in [7, 11) is 1.73. The second-order valence-electron chi connectivity index (χ2n) is 5.93. The molecule has 2 heteroatoms. The molecule has 0 heterocycles. The van der Waals surface area contributed by atoms with Crippen LogP contribution in [-0.4, -0.2) is 12.0 Å². The molecule has 0 aliphatic heterocycles. The maximum atomic E-state index is 5.52. The van der Waals surface area contributed by atoms with Gasteiger partial charge in [-0.3, -0.25) is 4.90 Å². The number of rotatable bonds is 7. The average Bonchev–Trinajstić information content (AvgIpc) is 2.64. The lowest BCUT2D eigenvalue weighted by atomic mass is 10.1. The van der Waals surface area contributed by atoms with Crippen molar-refractivity contribution >= 4 is 0 Å². The highest BCUT2D eigenvalue weighted by atomic mass is 16.5. The molecule has 3 aromatic rings. The van der Waals surface area contributed by atoms with Gasteiger partial charge in [0.05, 0.1) is 7.11 Å². The van der Waals surface area contributed by atoms with Gasteiger partial charge in [-0.05, 0) is 17.2 Å². The van der Waals surface area contributed by atoms with Gasteiger partial charge in [-0.25, -0.2) is 0 Å². The molecule has 0 saturated carbocycles. The van der Waals surface area contributed by atoms with E-state index < -0.39 is 0 Å². The van der Waals surface area contributed by atoms with Crippen LogP contribution >= 0.6 is 0 Å². The molecule has 122 valence electrons. The normalized spacial score (nSPS) is 10.8. The molecule has 0 atom stereocenters. The molecule has 0 amide bonds. The Morgan fingerprint density at radius 3 is 1.67 bits per heavy atom. The van der Waals surface area contributed by atoms with Gasteiger partial charge in [0.25, 0.3) is 0 Å². The summed E-state index contributed by atoms with van der Waals surface area (Å²) >= 11 is 0. The molecule has 0 spiro atoms. The van der Waals surface area contributed by atoms with Gasteiger partial charge in [0.15, 0.2) is 0 Å². The highest BCUT2D eigenvalue weighted by Crippen LogP contribution is 2.21. The van der Waals surface area contributed by atoms with Crippen molar-refractivity contribution in [3.8, 4) is 5.75 Å². The SMILES string of the molecule is COc1ccccc1CN(Cc1ccccc1)Cc1ccccc1. The minimum atomic E-state index is 0.855. The van der Waals surface area contributed by atoms with Crippen molar-refractivity contribution in [3.63, 3.8) is 0 Å². The van der Waals surface area contributed by atoms with Gasteiger partial charge in [-0.15, -0.1) is 0 Å². The van der Waals surface area contributed by atoms with Crippen LogP contribution in [0.1, 0.15) is 16.7 Å². The fourth-order valence-electron chi connectivity index (χ4n) is 2.93. The first kappa shape index (κ1) is 16.3. The van der Waals surface area contributed by atoms with Gasteiger partial charge >= 0.3 is 0 Å². The van der Waals surface area contributed by atoms with Crippen molar-refractivity contribution < 1.29 is 4.74 Å². The predicted molar refractivity (Wildman–Crippen MR) is 98.8 cm³/mol. The maximum absolute atomic E-state index is 5.52. The zero-order chi connectivity index (χ0) is 16.6. The van der Waals surface area contributed by atoms with Gasteiger partial charge in [0.2, 0.25) is 0 Å². The van der Waals surface area contributed by atoms with Crippen LogP contribution in [0, 0.1) is 0 Å². The molecule has 0 aliphatic carbocycles. The second kappa shape index (κ2) is 8.32. The Morgan fingerprint density at radius 1 is 0.625 bits per heavy atom. The molecule has 0 bridgehead atoms. The summed E-state index contributed by atoms with van der Waals surface area (Å²) in [5.74, 6) is 0.948. The molecule has 0 fully saturated rings. The molecule has 0 saturated heterocycles. The molecule has 0 unspecified atom stereocenters. The van der Waals surface area contributed by atoms with Crippen LogP contribution in [0.5, 0.6) is 5.75 Å². The van der Waals surface area contributed by atoms with Gasteiger partial charge < -0.3 is 4.74 Å². The topological polar surface area (TPSA) is 12.5 Å². The van der Waals surface area contributed by atoms with Crippen molar-refractivity contribution in [1.29, 1.82) is 0 Å². The Bertz CT molecular complexity index is 699. The van der Waals surface area contributed by atoms with Crippen molar-refractivity contribution in [1.82, 2.24) is 4.90 Å². The van der Waals surface area contributed by atoms with Crippen LogP contribution in [0.4, 0.5) is 0 Å². The average molecular weight is 317 g/mol. The smallest absolute Gasteiger partial charge is 0.123 e. The Balaban J connectivity index is 1.81. The fourth-order valence-corrected chi connectivity index (χ4v) is 2.93. The van der Waals surface area contributed by atoms with E-state index in [2.05, 4.69) is 77.7 Å². The van der Waals surface area contributed by atoms with E-state index in [1.165, 1.54) is 16.7 Å². The summed E-state index contributed by atoms with van der Waals surface area (Å²) in [4.78, 5) is 2.45. The van der Waals surface area contributed by atoms with E-state index >= 15 is 0 Å². The van der Waals surface area contributed by atoms with E-state index in [9.17, 15) is 0 Å². The molecular weight excluding hydrogens is 294 g/mol. The quantitative estimate of drug-likeness (QED) is 0.614. The number of hydrogen-bond donors (Lipinski definition) is 0. The van der Waals surface area contributed by atoms with Crippen LogP contribution in [-0.2, 0) is 19.6 Å². The van der Waals surface area contributed by atoms with Crippen molar-refractivity contribution in [3.05, 3.63) is 102 Å². The lowest BCUT2D eigenvalue weighted by Gasteiger charge is -2.23. The first-order chi connectivity index (χ1) is 11.8. The zero-order valence-corrected chi connectivity index (χ0v) is 14.1. The number of methoxy groups -OCH3 is 1. The molecule has 0 aliphatic rings. The molecule has 0 radical (unpaired) electrons. The molecule has 0 N–H and O–H groups in total. The summed E-state index contributed by atoms with van der Waals surface area (Å²) in [5, 5.41) is 0. The third kappa shape index (κ3) is 4.46. The van der Waals surface area contributed by atoms with Crippen molar-refractivity contribution in [2.75, 3.05) is 7.11 Å². The van der Waals surface area contributed by atoms with Gasteiger partial charge in [0, 0.05) is 25.2 Å². The van der Waals surface area contributed by atoms with Crippen LogP contribution in [0.3, 0.4) is 0 Å². The minimum Gasteiger partial charge on any atom is -0.496 e. The second-order valence-corrected chi connectivity index (χ2v) is 5.93. The summed E-state index contributed by atoms with van der Waals surface area (Å²) in [5.41, 5.74) is 3.86. The lowest BCUT2D eigenvalue weighted by Crippen LogP contribution is -2.22. The third-order valence-corrected chi connectivity index (χ3v) is 4.08. The van der Waals surface area contributed by atoms with Crippen LogP contribution in [0.15, 0.2) is 84.9 Å². The van der Waals surface area contributed by atoms with Crippen LogP contribution < -0.4 is 4.74 Å². The largest absolute Gasteiger partial charge is 0.496 e. The number of nitrogens with zero attached hydrogens (tertiary/aromatic N) is 1. The standard InChI is InChI=1S/C22H23NO/c1-24-22-15-9-8-14-21(22)18-23(16-19-10-4-2-5-11-19)17-20-12-6-3-7-13-20/h2-15H,16-18H2,1H3. The Kier molecular flexibility index (Phi) is 5.65. The zero-order valence-electron chi connectivity index (χ0n) is 14.1. The highest BCUT2D eigenvalue weighted by molar-refractivity contribution is 5.33. The number of ether oxygens (including phenoxy) is 1. The number of hydrogen-bond acceptors (Lipinski definition) is 2. The van der Waals surface area contributed by atoms with Gasteiger partial charge in [-0.1, -0.05) is 78.9 Å². The van der Waals surface area contributed by atoms with E-state index in [0.717, 1.165) is 25.4 Å². The monoisotopic (exact) mass is 317 g/mol.